The molecule has 86 valence electrons. The van der Waals surface area contributed by atoms with Crippen LogP contribution in [0.3, 0.4) is 0 Å². The summed E-state index contributed by atoms with van der Waals surface area (Å²) in [5.74, 6) is 1.88. The second kappa shape index (κ2) is 4.29. The monoisotopic (exact) mass is 292 g/mol. The Kier molecular flexibility index (Phi) is 2.64. The first-order chi connectivity index (χ1) is 8.34. The van der Waals surface area contributed by atoms with E-state index < -0.39 is 0 Å². The minimum atomic E-state index is 0.787. The number of rotatable bonds is 3. The van der Waals surface area contributed by atoms with Crippen LogP contribution in [0.1, 0.15) is 11.6 Å². The maximum Gasteiger partial charge on any atom is 0.177 e. The van der Waals surface area contributed by atoms with Gasteiger partial charge in [-0.1, -0.05) is 0 Å². The molecule has 0 unspecified atom stereocenters. The summed E-state index contributed by atoms with van der Waals surface area (Å²) in [5, 5.41) is 7.91. The van der Waals surface area contributed by atoms with Gasteiger partial charge in [0.1, 0.15) is 17.9 Å². The number of aryl methyl sites for hydroxylation is 2. The standard InChI is InChI=1S/C11H9BrN4O/c12-9-6-13-10(16-7-14-15-11(9)16)4-3-8-2-1-5-17-8/h1-2,5-7H,3-4H2. The van der Waals surface area contributed by atoms with Crippen molar-refractivity contribution < 1.29 is 4.42 Å². The second-order valence-corrected chi connectivity index (χ2v) is 4.48. The molecule has 0 aliphatic rings. The molecule has 0 aliphatic carbocycles. The predicted octanol–water partition coefficient (Wildman–Crippen LogP) is 2.26. The van der Waals surface area contributed by atoms with Crippen LogP contribution in [0, 0.1) is 0 Å². The molecule has 0 N–H and O–H groups in total. The van der Waals surface area contributed by atoms with Gasteiger partial charge in [0.15, 0.2) is 5.65 Å². The van der Waals surface area contributed by atoms with Crippen molar-refractivity contribution in [3.05, 3.63) is 47.0 Å². The molecule has 3 aromatic rings. The highest BCUT2D eigenvalue weighted by Crippen LogP contribution is 2.16. The van der Waals surface area contributed by atoms with Crippen molar-refractivity contribution in [1.82, 2.24) is 19.6 Å². The van der Waals surface area contributed by atoms with Crippen LogP contribution in [0.15, 0.2) is 39.8 Å². The number of nitrogens with zero attached hydrogens (tertiary/aromatic N) is 4. The Morgan fingerprint density at radius 3 is 3.12 bits per heavy atom. The Morgan fingerprint density at radius 1 is 1.35 bits per heavy atom. The fourth-order valence-electron chi connectivity index (χ4n) is 1.71. The lowest BCUT2D eigenvalue weighted by atomic mass is 10.2. The first-order valence-corrected chi connectivity index (χ1v) is 5.99. The molecule has 3 aromatic heterocycles. The van der Waals surface area contributed by atoms with Crippen LogP contribution in [0.5, 0.6) is 0 Å². The summed E-state index contributed by atoms with van der Waals surface area (Å²) in [6, 6.07) is 3.85. The Labute approximate surface area is 106 Å². The minimum absolute atomic E-state index is 0.787. The van der Waals surface area contributed by atoms with Gasteiger partial charge in [-0.05, 0) is 28.1 Å². The van der Waals surface area contributed by atoms with E-state index in [0.29, 0.717) is 0 Å². The number of hydrogen-bond donors (Lipinski definition) is 0. The van der Waals surface area contributed by atoms with Gasteiger partial charge in [-0.3, -0.25) is 4.40 Å². The molecule has 0 bridgehead atoms. The molecule has 17 heavy (non-hydrogen) atoms. The van der Waals surface area contributed by atoms with Crippen molar-refractivity contribution in [2.24, 2.45) is 0 Å². The number of hydrogen-bond acceptors (Lipinski definition) is 4. The molecule has 0 saturated heterocycles. The maximum atomic E-state index is 5.29. The Hall–Kier alpha value is -1.69. The fraction of sp³-hybridized carbons (Fsp3) is 0.182. The molecule has 0 atom stereocenters. The van der Waals surface area contributed by atoms with Crippen LogP contribution >= 0.6 is 15.9 Å². The molecule has 5 nitrogen and oxygen atoms in total. The van der Waals surface area contributed by atoms with Crippen LogP contribution in [-0.4, -0.2) is 19.6 Å². The van der Waals surface area contributed by atoms with Crippen molar-refractivity contribution >= 4 is 21.6 Å². The van der Waals surface area contributed by atoms with Gasteiger partial charge in [0, 0.05) is 19.0 Å². The van der Waals surface area contributed by atoms with Gasteiger partial charge in [0.25, 0.3) is 0 Å². The van der Waals surface area contributed by atoms with E-state index in [1.165, 1.54) is 0 Å². The van der Waals surface area contributed by atoms with Crippen LogP contribution in [0.2, 0.25) is 0 Å². The summed E-state index contributed by atoms with van der Waals surface area (Å²) in [5.41, 5.74) is 0.787. The summed E-state index contributed by atoms with van der Waals surface area (Å²) in [6.45, 7) is 0. The lowest BCUT2D eigenvalue weighted by molar-refractivity contribution is 0.506. The van der Waals surface area contributed by atoms with E-state index in [4.69, 9.17) is 4.42 Å². The molecular formula is C11H9BrN4O. The highest BCUT2D eigenvalue weighted by Gasteiger charge is 2.08. The van der Waals surface area contributed by atoms with Gasteiger partial charge in [0.05, 0.1) is 10.7 Å². The molecule has 0 amide bonds. The van der Waals surface area contributed by atoms with Gasteiger partial charge >= 0.3 is 0 Å². The van der Waals surface area contributed by atoms with Crippen molar-refractivity contribution in [2.75, 3.05) is 0 Å². The largest absolute Gasteiger partial charge is 0.469 e. The van der Waals surface area contributed by atoms with Gasteiger partial charge < -0.3 is 4.42 Å². The first-order valence-electron chi connectivity index (χ1n) is 5.20. The van der Waals surface area contributed by atoms with E-state index in [1.54, 1.807) is 18.8 Å². The smallest absolute Gasteiger partial charge is 0.177 e. The highest BCUT2D eigenvalue weighted by atomic mass is 79.9. The third-order valence-corrected chi connectivity index (χ3v) is 3.10. The normalized spacial score (nSPS) is 11.1. The molecule has 3 rings (SSSR count). The summed E-state index contributed by atoms with van der Waals surface area (Å²) in [7, 11) is 0. The fourth-order valence-corrected chi connectivity index (χ4v) is 2.09. The summed E-state index contributed by atoms with van der Waals surface area (Å²) >= 11 is 3.40. The zero-order valence-corrected chi connectivity index (χ0v) is 10.5. The van der Waals surface area contributed by atoms with E-state index in [9.17, 15) is 0 Å². The molecule has 0 aromatic carbocycles. The molecule has 3 heterocycles. The van der Waals surface area contributed by atoms with Crippen LogP contribution in [0.4, 0.5) is 0 Å². The van der Waals surface area contributed by atoms with Crippen molar-refractivity contribution in [1.29, 1.82) is 0 Å². The number of halogens is 1. The SMILES string of the molecule is Brc1cnc(CCc2ccco2)n2cnnc12. The third kappa shape index (κ3) is 1.95. The Morgan fingerprint density at radius 2 is 2.29 bits per heavy atom. The van der Waals surface area contributed by atoms with Gasteiger partial charge in [-0.25, -0.2) is 4.98 Å². The van der Waals surface area contributed by atoms with Crippen molar-refractivity contribution in [3.63, 3.8) is 0 Å². The molecule has 6 heteroatoms. The Bertz CT molecular complexity index is 632. The zero-order valence-electron chi connectivity index (χ0n) is 8.88. The van der Waals surface area contributed by atoms with Gasteiger partial charge in [-0.2, -0.15) is 0 Å². The van der Waals surface area contributed by atoms with Gasteiger partial charge in [-0.15, -0.1) is 10.2 Å². The zero-order chi connectivity index (χ0) is 11.7. The molecule has 0 fully saturated rings. The Balaban J connectivity index is 1.90. The summed E-state index contributed by atoms with van der Waals surface area (Å²) < 4.78 is 8.02. The minimum Gasteiger partial charge on any atom is -0.469 e. The topological polar surface area (TPSA) is 56.2 Å². The van der Waals surface area contributed by atoms with Crippen LogP contribution in [0.25, 0.3) is 5.65 Å². The number of furan rings is 1. The summed E-state index contributed by atoms with van der Waals surface area (Å²) in [4.78, 5) is 4.37. The average Bonchev–Trinajstić information content (AvgIpc) is 2.99. The van der Waals surface area contributed by atoms with E-state index in [0.717, 1.165) is 34.5 Å². The summed E-state index contributed by atoms with van der Waals surface area (Å²) in [6.07, 6.45) is 6.70. The predicted molar refractivity (Wildman–Crippen MR) is 64.6 cm³/mol. The quantitative estimate of drug-likeness (QED) is 0.743. The molecule has 0 spiro atoms. The lowest BCUT2D eigenvalue weighted by Gasteiger charge is -2.03. The molecule has 0 saturated carbocycles. The molecule has 0 radical (unpaired) electrons. The number of aromatic nitrogens is 4. The van der Waals surface area contributed by atoms with Crippen LogP contribution in [-0.2, 0) is 12.8 Å². The maximum absolute atomic E-state index is 5.29. The lowest BCUT2D eigenvalue weighted by Crippen LogP contribution is -2.02. The molecular weight excluding hydrogens is 284 g/mol. The highest BCUT2D eigenvalue weighted by molar-refractivity contribution is 9.10. The second-order valence-electron chi connectivity index (χ2n) is 3.63. The van der Waals surface area contributed by atoms with Crippen molar-refractivity contribution in [2.45, 2.75) is 12.8 Å². The first kappa shape index (κ1) is 10.5. The van der Waals surface area contributed by atoms with Crippen molar-refractivity contribution in [3.8, 4) is 0 Å². The third-order valence-electron chi connectivity index (χ3n) is 2.54. The number of fused-ring (bicyclic) bond motifs is 1. The van der Waals surface area contributed by atoms with Gasteiger partial charge in [0.2, 0.25) is 0 Å². The van der Waals surface area contributed by atoms with Crippen LogP contribution < -0.4 is 0 Å². The average molecular weight is 293 g/mol. The van der Waals surface area contributed by atoms with E-state index in [2.05, 4.69) is 31.1 Å². The molecule has 0 aliphatic heterocycles. The van der Waals surface area contributed by atoms with E-state index in [1.807, 2.05) is 16.5 Å². The van der Waals surface area contributed by atoms with E-state index >= 15 is 0 Å². The van der Waals surface area contributed by atoms with E-state index in [-0.39, 0.29) is 0 Å².